The Morgan fingerprint density at radius 1 is 1.38 bits per heavy atom. The first-order chi connectivity index (χ1) is 11.1. The standard InChI is InChI=1S/C13H11N7O3.ClH/c14-19-8-16-18-13(19)17-15-7-11-4-5-12(23-11)9-2-1-3-10(6-9)20(21)22;/h1-8H,14H2,(H,17,18);1H/b15-7+;. The van der Waals surface area contributed by atoms with Crippen LogP contribution < -0.4 is 11.3 Å². The Labute approximate surface area is 141 Å². The Morgan fingerprint density at radius 2 is 2.21 bits per heavy atom. The molecule has 3 rings (SSSR count). The molecule has 0 saturated carbocycles. The Hall–Kier alpha value is -3.40. The van der Waals surface area contributed by atoms with Crippen LogP contribution in [0.5, 0.6) is 0 Å². The minimum atomic E-state index is -0.457. The minimum Gasteiger partial charge on any atom is -0.455 e. The number of nitro groups is 1. The van der Waals surface area contributed by atoms with Gasteiger partial charge in [0.05, 0.1) is 11.1 Å². The van der Waals surface area contributed by atoms with Gasteiger partial charge in [0.1, 0.15) is 17.8 Å². The number of non-ortho nitro benzene ring substituents is 1. The molecule has 3 N–H and O–H groups in total. The maximum Gasteiger partial charge on any atom is 0.270 e. The summed E-state index contributed by atoms with van der Waals surface area (Å²) in [6, 6.07) is 9.57. The topological polar surface area (TPSA) is 137 Å². The van der Waals surface area contributed by atoms with Gasteiger partial charge in [-0.3, -0.25) is 10.1 Å². The molecule has 11 heteroatoms. The third kappa shape index (κ3) is 3.67. The third-order valence-electron chi connectivity index (χ3n) is 2.90. The number of rotatable bonds is 5. The number of hydrazone groups is 1. The second-order valence-electron chi connectivity index (χ2n) is 4.44. The number of nitrogens with zero attached hydrogens (tertiary/aromatic N) is 5. The van der Waals surface area contributed by atoms with Crippen molar-refractivity contribution in [2.45, 2.75) is 0 Å². The van der Waals surface area contributed by atoms with Crippen LogP contribution in [0.4, 0.5) is 11.6 Å². The lowest BCUT2D eigenvalue weighted by Crippen LogP contribution is -2.10. The van der Waals surface area contributed by atoms with Gasteiger partial charge in [-0.1, -0.05) is 12.1 Å². The van der Waals surface area contributed by atoms with Crippen LogP contribution >= 0.6 is 12.4 Å². The normalized spacial score (nSPS) is 10.5. The largest absolute Gasteiger partial charge is 0.455 e. The number of furan rings is 1. The van der Waals surface area contributed by atoms with Crippen molar-refractivity contribution in [1.82, 2.24) is 14.9 Å². The Morgan fingerprint density at radius 3 is 2.92 bits per heavy atom. The minimum absolute atomic E-state index is 0. The van der Waals surface area contributed by atoms with Gasteiger partial charge in [-0.15, -0.1) is 22.6 Å². The molecule has 0 spiro atoms. The van der Waals surface area contributed by atoms with Crippen LogP contribution in [0.25, 0.3) is 11.3 Å². The van der Waals surface area contributed by atoms with Crippen LogP contribution in [0.15, 0.2) is 52.2 Å². The Bertz CT molecular complexity index is 874. The van der Waals surface area contributed by atoms with Gasteiger partial charge in [0.25, 0.3) is 11.6 Å². The van der Waals surface area contributed by atoms with E-state index < -0.39 is 4.92 Å². The van der Waals surface area contributed by atoms with Gasteiger partial charge in [-0.05, 0) is 12.1 Å². The van der Waals surface area contributed by atoms with Gasteiger partial charge in [0.15, 0.2) is 0 Å². The summed E-state index contributed by atoms with van der Waals surface area (Å²) in [6.07, 6.45) is 2.75. The molecule has 0 radical (unpaired) electrons. The smallest absolute Gasteiger partial charge is 0.270 e. The number of aromatic nitrogens is 3. The molecule has 0 fully saturated rings. The first-order valence-electron chi connectivity index (χ1n) is 6.42. The lowest BCUT2D eigenvalue weighted by molar-refractivity contribution is -0.384. The molecule has 0 atom stereocenters. The summed E-state index contributed by atoms with van der Waals surface area (Å²) >= 11 is 0. The van der Waals surface area contributed by atoms with E-state index in [2.05, 4.69) is 20.7 Å². The molecular formula is C13H12ClN7O3. The monoisotopic (exact) mass is 349 g/mol. The van der Waals surface area contributed by atoms with Crippen LogP contribution in [-0.2, 0) is 0 Å². The predicted octanol–water partition coefficient (Wildman–Crippen LogP) is 2.03. The van der Waals surface area contributed by atoms with E-state index in [1.54, 1.807) is 24.3 Å². The number of nitrogen functional groups attached to an aromatic ring is 1. The molecule has 0 amide bonds. The molecule has 2 heterocycles. The van der Waals surface area contributed by atoms with E-state index in [0.717, 1.165) is 0 Å². The number of hydrogen-bond acceptors (Lipinski definition) is 8. The van der Waals surface area contributed by atoms with E-state index in [4.69, 9.17) is 10.3 Å². The average Bonchev–Trinajstić information content (AvgIpc) is 3.17. The second kappa shape index (κ2) is 7.24. The summed E-state index contributed by atoms with van der Waals surface area (Å²) in [6.45, 7) is 0. The van der Waals surface area contributed by atoms with Crippen molar-refractivity contribution in [2.75, 3.05) is 11.3 Å². The molecule has 0 aliphatic rings. The quantitative estimate of drug-likeness (QED) is 0.311. The van der Waals surface area contributed by atoms with Crippen LogP contribution in [0, 0.1) is 10.1 Å². The van der Waals surface area contributed by atoms with E-state index >= 15 is 0 Å². The Balaban J connectivity index is 0.00000208. The van der Waals surface area contributed by atoms with E-state index in [1.807, 2.05) is 0 Å². The van der Waals surface area contributed by atoms with Gasteiger partial charge in [0, 0.05) is 17.7 Å². The zero-order valence-electron chi connectivity index (χ0n) is 12.1. The molecule has 10 nitrogen and oxygen atoms in total. The first kappa shape index (κ1) is 17.0. The number of hydrogen-bond donors (Lipinski definition) is 2. The summed E-state index contributed by atoms with van der Waals surface area (Å²) in [5.74, 6) is 6.74. The zero-order chi connectivity index (χ0) is 16.2. The average molecular weight is 350 g/mol. The highest BCUT2D eigenvalue weighted by Crippen LogP contribution is 2.25. The van der Waals surface area contributed by atoms with Crippen molar-refractivity contribution >= 4 is 30.3 Å². The van der Waals surface area contributed by atoms with Gasteiger partial charge in [-0.25, -0.2) is 10.1 Å². The maximum absolute atomic E-state index is 10.8. The van der Waals surface area contributed by atoms with E-state index in [-0.39, 0.29) is 24.0 Å². The summed E-state index contributed by atoms with van der Waals surface area (Å²) < 4.78 is 6.74. The highest BCUT2D eigenvalue weighted by Gasteiger charge is 2.09. The highest BCUT2D eigenvalue weighted by atomic mass is 35.5. The summed E-state index contributed by atoms with van der Waals surface area (Å²) in [4.78, 5) is 10.3. The molecule has 124 valence electrons. The summed E-state index contributed by atoms with van der Waals surface area (Å²) in [5.41, 5.74) is 3.20. The fourth-order valence-corrected chi connectivity index (χ4v) is 1.83. The van der Waals surface area contributed by atoms with Gasteiger partial charge in [-0.2, -0.15) is 5.10 Å². The maximum atomic E-state index is 10.8. The fourth-order valence-electron chi connectivity index (χ4n) is 1.83. The lowest BCUT2D eigenvalue weighted by Gasteiger charge is -1.97. The predicted molar refractivity (Wildman–Crippen MR) is 89.4 cm³/mol. The SMILES string of the molecule is Cl.Nn1cnnc1N/N=C/c1ccc(-c2cccc([N+](=O)[O-])c2)o1. The summed E-state index contributed by atoms with van der Waals surface area (Å²) in [5, 5.41) is 22.0. The molecule has 1 aromatic carbocycles. The van der Waals surface area contributed by atoms with Crippen molar-refractivity contribution in [3.05, 3.63) is 58.6 Å². The van der Waals surface area contributed by atoms with Crippen LogP contribution in [0.2, 0.25) is 0 Å². The number of nitro benzene ring substituents is 1. The number of nitrogens with two attached hydrogens (primary N) is 1. The van der Waals surface area contributed by atoms with Crippen molar-refractivity contribution in [3.8, 4) is 11.3 Å². The van der Waals surface area contributed by atoms with Gasteiger partial charge in [0.2, 0.25) is 0 Å². The van der Waals surface area contributed by atoms with Crippen molar-refractivity contribution in [2.24, 2.45) is 5.10 Å². The van der Waals surface area contributed by atoms with Crippen LogP contribution in [0.1, 0.15) is 5.76 Å². The number of halogens is 1. The van der Waals surface area contributed by atoms with Crippen LogP contribution in [-0.4, -0.2) is 26.0 Å². The molecule has 0 aliphatic carbocycles. The first-order valence-corrected chi connectivity index (χ1v) is 6.42. The van der Waals surface area contributed by atoms with E-state index in [1.165, 1.54) is 29.4 Å². The lowest BCUT2D eigenvalue weighted by atomic mass is 10.1. The van der Waals surface area contributed by atoms with E-state index in [0.29, 0.717) is 17.1 Å². The molecule has 3 aromatic rings. The van der Waals surface area contributed by atoms with E-state index in [9.17, 15) is 10.1 Å². The number of benzene rings is 1. The van der Waals surface area contributed by atoms with Crippen LogP contribution in [0.3, 0.4) is 0 Å². The third-order valence-corrected chi connectivity index (χ3v) is 2.90. The van der Waals surface area contributed by atoms with Gasteiger partial charge < -0.3 is 10.3 Å². The molecule has 24 heavy (non-hydrogen) atoms. The molecule has 2 aromatic heterocycles. The zero-order valence-corrected chi connectivity index (χ0v) is 12.9. The number of nitrogens with one attached hydrogen (secondary N) is 1. The summed E-state index contributed by atoms with van der Waals surface area (Å²) in [7, 11) is 0. The van der Waals surface area contributed by atoms with Crippen molar-refractivity contribution < 1.29 is 9.34 Å². The number of anilines is 1. The van der Waals surface area contributed by atoms with Crippen molar-refractivity contribution in [1.29, 1.82) is 0 Å². The second-order valence-corrected chi connectivity index (χ2v) is 4.44. The molecular weight excluding hydrogens is 338 g/mol. The van der Waals surface area contributed by atoms with Crippen molar-refractivity contribution in [3.63, 3.8) is 0 Å². The van der Waals surface area contributed by atoms with Gasteiger partial charge >= 0.3 is 0 Å². The molecule has 0 saturated heterocycles. The highest BCUT2D eigenvalue weighted by molar-refractivity contribution is 5.85. The molecule has 0 bridgehead atoms. The molecule has 0 aliphatic heterocycles. The molecule has 0 unspecified atom stereocenters. The fraction of sp³-hybridized carbons (Fsp3) is 0. The Kier molecular flexibility index (Phi) is 5.12.